The molecule has 0 unspecified atom stereocenters. The van der Waals surface area contributed by atoms with E-state index in [-0.39, 0.29) is 6.42 Å². The van der Waals surface area contributed by atoms with Crippen molar-refractivity contribution in [3.05, 3.63) is 0 Å². The number of carbonyl (C=O) groups is 1. The van der Waals surface area contributed by atoms with Crippen LogP contribution < -0.4 is 0 Å². The molecular formula is C5H11CuO2. The maximum absolute atomic E-state index is 9.37. The molecule has 1 N–H and O–H groups in total. The summed E-state index contributed by atoms with van der Waals surface area (Å²) in [7, 11) is 0. The maximum atomic E-state index is 9.37. The fraction of sp³-hybridized carbons (Fsp3) is 0.800. The molecule has 0 aromatic rings. The first kappa shape index (κ1) is 10.9. The van der Waals surface area contributed by atoms with Crippen molar-refractivity contribution < 1.29 is 25.9 Å². The summed E-state index contributed by atoms with van der Waals surface area (Å²) < 4.78 is 0. The van der Waals surface area contributed by atoms with Gasteiger partial charge in [0, 0.05) is 6.42 Å². The molecule has 0 aromatic carbocycles. The van der Waals surface area contributed by atoms with Crippen LogP contribution in [0.15, 0.2) is 0 Å². The van der Waals surface area contributed by atoms with Gasteiger partial charge in [0.25, 0.3) is 0 Å². The molecule has 2 nitrogen and oxygen atoms in total. The molecule has 0 saturated carbocycles. The fourth-order valence-electron chi connectivity index (χ4n) is 0. The summed E-state index contributed by atoms with van der Waals surface area (Å²) in [6, 6.07) is 0. The van der Waals surface area contributed by atoms with Gasteiger partial charge < -0.3 is 5.11 Å². The standard InChI is InChI=1S/C3H6O2.C2H5.Cu/c1-2-3(4)5;1-2;/h2H2,1H3,(H,4,5);1H2,2H3;. The molecule has 0 heterocycles. The molecule has 0 fully saturated rings. The molecule has 8 heavy (non-hydrogen) atoms. The van der Waals surface area contributed by atoms with Gasteiger partial charge >= 0.3 is 34.2 Å². The molecule has 0 bridgehead atoms. The van der Waals surface area contributed by atoms with Crippen LogP contribution in [0.2, 0.25) is 5.32 Å². The van der Waals surface area contributed by atoms with Crippen LogP contribution in [0, 0.1) is 0 Å². The molecule has 0 aliphatic carbocycles. The van der Waals surface area contributed by atoms with Crippen molar-refractivity contribution in [3.63, 3.8) is 0 Å². The van der Waals surface area contributed by atoms with E-state index in [9.17, 15) is 4.79 Å². The quantitative estimate of drug-likeness (QED) is 0.599. The second-order valence-corrected chi connectivity index (χ2v) is 1.63. The molecule has 0 spiro atoms. The van der Waals surface area contributed by atoms with E-state index >= 15 is 0 Å². The summed E-state index contributed by atoms with van der Waals surface area (Å²) in [5, 5.41) is 8.53. The molecule has 0 radical (unpaired) electrons. The first-order chi connectivity index (χ1) is 3.68. The normalized spacial score (nSPS) is 7.00. The van der Waals surface area contributed by atoms with Crippen molar-refractivity contribution in [2.24, 2.45) is 0 Å². The molecule has 0 atom stereocenters. The van der Waals surface area contributed by atoms with Gasteiger partial charge in [-0.1, -0.05) is 6.92 Å². The van der Waals surface area contributed by atoms with Crippen LogP contribution in [0.4, 0.5) is 0 Å². The molecule has 0 rings (SSSR count). The van der Waals surface area contributed by atoms with Gasteiger partial charge in [-0.2, -0.15) is 0 Å². The zero-order chi connectivity index (χ0) is 6.99. The first-order valence-electron chi connectivity index (χ1n) is 2.41. The molecule has 54 valence electrons. The molecule has 0 amide bonds. The van der Waals surface area contributed by atoms with Gasteiger partial charge in [0.2, 0.25) is 0 Å². The van der Waals surface area contributed by atoms with E-state index in [4.69, 9.17) is 5.11 Å². The number of rotatable bonds is 1. The predicted octanol–water partition coefficient (Wildman–Crippen LogP) is 1.45. The van der Waals surface area contributed by atoms with E-state index in [0.717, 1.165) is 5.32 Å². The van der Waals surface area contributed by atoms with E-state index < -0.39 is 5.97 Å². The summed E-state index contributed by atoms with van der Waals surface area (Å²) in [5.41, 5.74) is 0. The van der Waals surface area contributed by atoms with Crippen LogP contribution in [0.3, 0.4) is 0 Å². The van der Waals surface area contributed by atoms with Crippen LogP contribution in [-0.4, -0.2) is 11.1 Å². The molecule has 0 aliphatic heterocycles. The number of carboxylic acids is 1. The van der Waals surface area contributed by atoms with Crippen molar-refractivity contribution in [2.45, 2.75) is 25.6 Å². The van der Waals surface area contributed by atoms with E-state index in [2.05, 4.69) is 16.0 Å². The summed E-state index contributed by atoms with van der Waals surface area (Å²) in [5.74, 6) is -0.745. The van der Waals surface area contributed by atoms with Crippen LogP contribution in [-0.2, 0) is 20.8 Å². The average Bonchev–Trinajstić information content (AvgIpc) is 1.69. The predicted molar refractivity (Wildman–Crippen MR) is 28.4 cm³/mol. The monoisotopic (exact) mass is 166 g/mol. The van der Waals surface area contributed by atoms with Crippen LogP contribution in [0.5, 0.6) is 0 Å². The Bertz CT molecular complexity index is 54.4. The van der Waals surface area contributed by atoms with Crippen molar-refractivity contribution >= 4 is 5.97 Å². The Morgan fingerprint density at radius 2 is 1.75 bits per heavy atom. The minimum absolute atomic E-state index is 0.222. The van der Waals surface area contributed by atoms with Gasteiger partial charge in [0.15, 0.2) is 0 Å². The Balaban J connectivity index is 0. The van der Waals surface area contributed by atoms with Crippen molar-refractivity contribution in [1.82, 2.24) is 0 Å². The fourth-order valence-corrected chi connectivity index (χ4v) is 0. The summed E-state index contributed by atoms with van der Waals surface area (Å²) in [6.45, 7) is 3.53. The Labute approximate surface area is 58.1 Å². The van der Waals surface area contributed by atoms with Crippen molar-refractivity contribution in [1.29, 1.82) is 0 Å². The number of carboxylic acid groups (broad SMARTS) is 1. The van der Waals surface area contributed by atoms with Crippen molar-refractivity contribution in [2.75, 3.05) is 0 Å². The number of hydrogen-bond donors (Lipinski definition) is 1. The average molecular weight is 167 g/mol. The SMILES string of the molecule is CCC(=O)O.C[CH2][Cu]. The summed E-state index contributed by atoms with van der Waals surface area (Å²) >= 11 is 4.51. The molecular weight excluding hydrogens is 156 g/mol. The van der Waals surface area contributed by atoms with Crippen LogP contribution >= 0.6 is 0 Å². The molecule has 3 heteroatoms. The topological polar surface area (TPSA) is 37.3 Å². The van der Waals surface area contributed by atoms with Gasteiger partial charge in [-0.25, -0.2) is 0 Å². The van der Waals surface area contributed by atoms with Gasteiger partial charge in [-0.15, -0.1) is 0 Å². The second-order valence-electron chi connectivity index (χ2n) is 0.960. The van der Waals surface area contributed by atoms with Crippen LogP contribution in [0.25, 0.3) is 0 Å². The van der Waals surface area contributed by atoms with Gasteiger partial charge in [0.1, 0.15) is 0 Å². The zero-order valence-electron chi connectivity index (χ0n) is 5.07. The zero-order valence-corrected chi connectivity index (χ0v) is 6.01. The third kappa shape index (κ3) is 37.7. The Morgan fingerprint density at radius 1 is 1.62 bits per heavy atom. The molecule has 0 saturated heterocycles. The second kappa shape index (κ2) is 10.1. The van der Waals surface area contributed by atoms with Crippen LogP contribution in [0.1, 0.15) is 20.3 Å². The minimum atomic E-state index is -0.745. The van der Waals surface area contributed by atoms with E-state index in [1.165, 1.54) is 0 Å². The van der Waals surface area contributed by atoms with E-state index in [0.29, 0.717) is 0 Å². The number of aliphatic carboxylic acids is 1. The molecule has 0 aliphatic rings. The van der Waals surface area contributed by atoms with Gasteiger partial charge in [-0.3, -0.25) is 4.79 Å². The Kier molecular flexibility index (Phi) is 13.7. The Morgan fingerprint density at radius 3 is 1.75 bits per heavy atom. The molecule has 0 aromatic heterocycles. The first-order valence-corrected chi connectivity index (χ1v) is 3.07. The Hall–Kier alpha value is -0.0105. The van der Waals surface area contributed by atoms with Gasteiger partial charge in [-0.05, 0) is 0 Å². The van der Waals surface area contributed by atoms with E-state index in [1.807, 2.05) is 6.92 Å². The third-order valence-corrected chi connectivity index (χ3v) is 0.302. The van der Waals surface area contributed by atoms with Gasteiger partial charge in [0.05, 0.1) is 0 Å². The number of hydrogen-bond acceptors (Lipinski definition) is 1. The van der Waals surface area contributed by atoms with Crippen molar-refractivity contribution in [3.8, 4) is 0 Å². The summed E-state index contributed by atoms with van der Waals surface area (Å²) in [6.07, 6.45) is 0.222. The summed E-state index contributed by atoms with van der Waals surface area (Å²) in [4.78, 5) is 9.37. The third-order valence-electron chi connectivity index (χ3n) is 0.302. The van der Waals surface area contributed by atoms with E-state index in [1.54, 1.807) is 6.92 Å².